The molecule has 1 atom stereocenters. The lowest BCUT2D eigenvalue weighted by Crippen LogP contribution is -2.40. The summed E-state index contributed by atoms with van der Waals surface area (Å²) in [6, 6.07) is 20.5. The molecular weight excluding hydrogens is 555 g/mol. The largest absolute Gasteiger partial charge is 0.492 e. The van der Waals surface area contributed by atoms with E-state index in [1.54, 1.807) is 6.20 Å². The number of nitrogens with one attached hydrogen (secondary N) is 1. The molecule has 3 aromatic carbocycles. The lowest BCUT2D eigenvalue weighted by molar-refractivity contribution is 0.128. The second-order valence-electron chi connectivity index (χ2n) is 9.15. The first kappa shape index (κ1) is 25.6. The molecule has 0 aliphatic carbocycles. The molecule has 0 saturated heterocycles. The molecule has 1 amide bonds. The van der Waals surface area contributed by atoms with Crippen LogP contribution >= 0.6 is 34.5 Å². The van der Waals surface area contributed by atoms with E-state index in [1.165, 1.54) is 16.2 Å². The first-order valence-electron chi connectivity index (χ1n) is 12.4. The van der Waals surface area contributed by atoms with Gasteiger partial charge in [0.05, 0.1) is 17.8 Å². The summed E-state index contributed by atoms with van der Waals surface area (Å²) in [6.07, 6.45) is 1.37. The highest BCUT2D eigenvalue weighted by Crippen LogP contribution is 2.43. The monoisotopic (exact) mass is 578 g/mol. The molecule has 2 N–H and O–H groups in total. The predicted octanol–water partition coefficient (Wildman–Crippen LogP) is 7.51. The van der Waals surface area contributed by atoms with E-state index < -0.39 is 12.1 Å². The number of aromatic nitrogens is 2. The fourth-order valence-corrected chi connectivity index (χ4v) is 6.06. The number of halogens is 2. The zero-order valence-corrected chi connectivity index (χ0v) is 23.0. The summed E-state index contributed by atoms with van der Waals surface area (Å²) < 4.78 is 8.04. The molecule has 7 nitrogen and oxygen atoms in total. The van der Waals surface area contributed by atoms with Crippen LogP contribution in [0.4, 0.5) is 9.93 Å². The molecule has 1 unspecified atom stereocenters. The molecule has 3 heterocycles. The van der Waals surface area contributed by atoms with Crippen LogP contribution in [0, 0.1) is 0 Å². The number of carbonyl (C=O) groups is 1. The molecule has 0 saturated carbocycles. The predicted molar refractivity (Wildman–Crippen MR) is 156 cm³/mol. The molecule has 0 fully saturated rings. The minimum atomic E-state index is -0.967. The van der Waals surface area contributed by atoms with Gasteiger partial charge in [-0.3, -0.25) is 4.90 Å². The van der Waals surface area contributed by atoms with Gasteiger partial charge in [0.2, 0.25) is 0 Å². The van der Waals surface area contributed by atoms with Gasteiger partial charge in [0.1, 0.15) is 18.4 Å². The van der Waals surface area contributed by atoms with Crippen molar-refractivity contribution in [1.82, 2.24) is 14.5 Å². The summed E-state index contributed by atoms with van der Waals surface area (Å²) in [5, 5.41) is 18.5. The highest BCUT2D eigenvalue weighted by atomic mass is 35.5. The number of amides is 1. The minimum Gasteiger partial charge on any atom is -0.492 e. The lowest BCUT2D eigenvalue weighted by atomic mass is 9.92. The number of thiazole rings is 1. The highest BCUT2D eigenvalue weighted by molar-refractivity contribution is 7.13. The molecular formula is C29H24Cl2N4O3S. The first-order valence-corrected chi connectivity index (χ1v) is 14.1. The Kier molecular flexibility index (Phi) is 7.08. The van der Waals surface area contributed by atoms with E-state index >= 15 is 0 Å². The SMILES string of the molecule is O=C(O)N1CCc2c(n(-c3ccc(Cl)cc3)c3ccc(Cl)cc23)C1c1ccc(OCCNc2nccs2)cc1. The number of hydrogen-bond donors (Lipinski definition) is 2. The maximum absolute atomic E-state index is 12.5. The maximum Gasteiger partial charge on any atom is 0.408 e. The average molecular weight is 580 g/mol. The zero-order valence-electron chi connectivity index (χ0n) is 20.7. The van der Waals surface area contributed by atoms with Gasteiger partial charge in [0.25, 0.3) is 0 Å². The molecule has 2 aromatic heterocycles. The van der Waals surface area contributed by atoms with Crippen LogP contribution in [0.25, 0.3) is 16.6 Å². The maximum atomic E-state index is 12.5. The van der Waals surface area contributed by atoms with E-state index in [0.29, 0.717) is 41.9 Å². The van der Waals surface area contributed by atoms with Gasteiger partial charge in [-0.15, -0.1) is 11.3 Å². The third-order valence-corrected chi connectivity index (χ3v) is 8.07. The molecule has 0 bridgehead atoms. The summed E-state index contributed by atoms with van der Waals surface area (Å²) in [5.74, 6) is 0.711. The van der Waals surface area contributed by atoms with E-state index in [4.69, 9.17) is 27.9 Å². The molecule has 0 spiro atoms. The molecule has 6 rings (SSSR count). The highest BCUT2D eigenvalue weighted by Gasteiger charge is 2.37. The Labute approximate surface area is 239 Å². The van der Waals surface area contributed by atoms with Gasteiger partial charge < -0.3 is 19.7 Å². The van der Waals surface area contributed by atoms with E-state index in [9.17, 15) is 9.90 Å². The Morgan fingerprint density at radius 1 is 1.08 bits per heavy atom. The number of nitrogens with zero attached hydrogens (tertiary/aromatic N) is 3. The first-order chi connectivity index (χ1) is 19.0. The fraction of sp³-hybridized carbons (Fsp3) is 0.172. The summed E-state index contributed by atoms with van der Waals surface area (Å²) in [4.78, 5) is 18.2. The van der Waals surface area contributed by atoms with Gasteiger partial charge in [-0.1, -0.05) is 35.3 Å². The number of ether oxygens (including phenoxy) is 1. The smallest absolute Gasteiger partial charge is 0.408 e. The van der Waals surface area contributed by atoms with Gasteiger partial charge in [0.15, 0.2) is 5.13 Å². The molecule has 0 radical (unpaired) electrons. The second kappa shape index (κ2) is 10.8. The number of benzene rings is 3. The molecule has 5 aromatic rings. The summed E-state index contributed by atoms with van der Waals surface area (Å²) in [6.45, 7) is 1.47. The van der Waals surface area contributed by atoms with Crippen LogP contribution in [-0.2, 0) is 6.42 Å². The number of rotatable bonds is 7. The Morgan fingerprint density at radius 2 is 1.85 bits per heavy atom. The minimum absolute atomic E-state index is 0.375. The van der Waals surface area contributed by atoms with Crippen LogP contribution in [0.1, 0.15) is 22.9 Å². The topological polar surface area (TPSA) is 79.6 Å². The number of hydrogen-bond acceptors (Lipinski definition) is 5. The van der Waals surface area contributed by atoms with E-state index in [0.717, 1.165) is 38.5 Å². The molecule has 1 aliphatic heterocycles. The van der Waals surface area contributed by atoms with Crippen molar-refractivity contribution in [3.8, 4) is 11.4 Å². The van der Waals surface area contributed by atoms with Crippen LogP contribution in [0.15, 0.2) is 78.3 Å². The van der Waals surface area contributed by atoms with Gasteiger partial charge in [-0.25, -0.2) is 9.78 Å². The van der Waals surface area contributed by atoms with Crippen molar-refractivity contribution in [2.75, 3.05) is 25.0 Å². The van der Waals surface area contributed by atoms with Crippen molar-refractivity contribution in [3.63, 3.8) is 0 Å². The lowest BCUT2D eigenvalue weighted by Gasteiger charge is -2.35. The average Bonchev–Trinajstić information content (AvgIpc) is 3.57. The second-order valence-corrected chi connectivity index (χ2v) is 10.9. The summed E-state index contributed by atoms with van der Waals surface area (Å²) in [5.41, 5.74) is 4.73. The van der Waals surface area contributed by atoms with E-state index in [-0.39, 0.29) is 0 Å². The van der Waals surface area contributed by atoms with Crippen molar-refractivity contribution in [2.24, 2.45) is 0 Å². The van der Waals surface area contributed by atoms with Crippen molar-refractivity contribution in [3.05, 3.63) is 105 Å². The third kappa shape index (κ3) is 5.03. The molecule has 10 heteroatoms. The normalized spacial score (nSPS) is 14.8. The Morgan fingerprint density at radius 3 is 2.56 bits per heavy atom. The molecule has 39 heavy (non-hydrogen) atoms. The molecule has 1 aliphatic rings. The van der Waals surface area contributed by atoms with Gasteiger partial charge in [-0.05, 0) is 72.1 Å². The number of fused-ring (bicyclic) bond motifs is 3. The Bertz CT molecular complexity index is 1620. The van der Waals surface area contributed by atoms with Crippen LogP contribution in [-0.4, -0.2) is 45.3 Å². The Hall–Kier alpha value is -3.72. The van der Waals surface area contributed by atoms with Gasteiger partial charge in [0, 0.05) is 39.2 Å². The number of anilines is 1. The Balaban J connectivity index is 1.38. The van der Waals surface area contributed by atoms with E-state index in [2.05, 4.69) is 14.9 Å². The van der Waals surface area contributed by atoms with Crippen molar-refractivity contribution in [1.29, 1.82) is 0 Å². The quantitative estimate of drug-likeness (QED) is 0.195. The fourth-order valence-electron chi connectivity index (χ4n) is 5.20. The number of carboxylic acid groups (broad SMARTS) is 1. The van der Waals surface area contributed by atoms with Gasteiger partial charge >= 0.3 is 6.09 Å². The summed E-state index contributed by atoms with van der Waals surface area (Å²) in [7, 11) is 0. The van der Waals surface area contributed by atoms with Crippen molar-refractivity contribution < 1.29 is 14.6 Å². The summed E-state index contributed by atoms with van der Waals surface area (Å²) >= 11 is 14.2. The zero-order chi connectivity index (χ0) is 26.9. The standard InChI is InChI=1S/C29H24Cl2N4O3S/c30-19-3-6-21(7-4-19)35-25-10-5-20(31)17-24(25)23-11-14-34(29(36)37)26(27(23)35)18-1-8-22(9-2-18)38-15-12-32-28-33-13-16-39-28/h1-10,13,16-17,26H,11-12,14-15H2,(H,32,33)(H,36,37). The van der Waals surface area contributed by atoms with Crippen LogP contribution in [0.2, 0.25) is 10.0 Å². The van der Waals surface area contributed by atoms with E-state index in [1.807, 2.05) is 72.1 Å². The van der Waals surface area contributed by atoms with Crippen LogP contribution in [0.5, 0.6) is 5.75 Å². The van der Waals surface area contributed by atoms with Gasteiger partial charge in [-0.2, -0.15) is 0 Å². The molecule has 198 valence electrons. The third-order valence-electron chi connectivity index (χ3n) is 6.85. The van der Waals surface area contributed by atoms with Crippen LogP contribution in [0.3, 0.4) is 0 Å². The van der Waals surface area contributed by atoms with Crippen LogP contribution < -0.4 is 10.1 Å². The van der Waals surface area contributed by atoms with Crippen molar-refractivity contribution in [2.45, 2.75) is 12.5 Å². The van der Waals surface area contributed by atoms with Crippen molar-refractivity contribution >= 4 is 56.7 Å².